The average molecular weight is 471 g/mol. The van der Waals surface area contributed by atoms with E-state index in [2.05, 4.69) is 4.72 Å². The van der Waals surface area contributed by atoms with Crippen LogP contribution in [-0.2, 0) is 16.4 Å². The number of primary amides is 1. The summed E-state index contributed by atoms with van der Waals surface area (Å²) in [6, 6.07) is 3.89. The van der Waals surface area contributed by atoms with Crippen LogP contribution in [0, 0.1) is 22.9 Å². The van der Waals surface area contributed by atoms with E-state index in [-0.39, 0.29) is 29.7 Å². The van der Waals surface area contributed by atoms with Gasteiger partial charge < -0.3 is 10.6 Å². The molecule has 1 heterocycles. The summed E-state index contributed by atoms with van der Waals surface area (Å²) in [5.41, 5.74) is 5.19. The number of carbonyl (C=O) groups is 1. The molecule has 11 heteroatoms. The molecule has 6 nitrogen and oxygen atoms in total. The number of amides is 2. The van der Waals surface area contributed by atoms with Crippen molar-refractivity contribution < 1.29 is 30.8 Å². The molecule has 172 valence electrons. The molecular formula is C21H21F4N3O3S. The molecule has 3 unspecified atom stereocenters. The van der Waals surface area contributed by atoms with E-state index in [1.54, 1.807) is 6.07 Å². The summed E-state index contributed by atoms with van der Waals surface area (Å²) in [4.78, 5) is 13.3. The maximum atomic E-state index is 15.2. The largest absolute Gasteiger partial charge is 0.351 e. The van der Waals surface area contributed by atoms with Crippen molar-refractivity contribution in [3.8, 4) is 11.1 Å². The normalized spacial score (nSPS) is 24.8. The Morgan fingerprint density at radius 3 is 2.47 bits per heavy atom. The van der Waals surface area contributed by atoms with Gasteiger partial charge in [-0.05, 0) is 42.5 Å². The lowest BCUT2D eigenvalue weighted by atomic mass is 9.94. The number of likely N-dealkylation sites (tertiary alicyclic amines) is 1. The predicted molar refractivity (Wildman–Crippen MR) is 109 cm³/mol. The van der Waals surface area contributed by atoms with Crippen LogP contribution in [0.4, 0.5) is 22.4 Å². The number of nitrogens with two attached hydrogens (primary N) is 1. The maximum absolute atomic E-state index is 15.2. The van der Waals surface area contributed by atoms with Gasteiger partial charge >= 0.3 is 6.03 Å². The Kier molecular flexibility index (Phi) is 5.66. The fraction of sp³-hybridized carbons (Fsp3) is 0.381. The smallest absolute Gasteiger partial charge is 0.315 e. The Morgan fingerprint density at radius 1 is 1.16 bits per heavy atom. The monoisotopic (exact) mass is 471 g/mol. The summed E-state index contributed by atoms with van der Waals surface area (Å²) in [5, 5.41) is 0. The summed E-state index contributed by atoms with van der Waals surface area (Å²) >= 11 is 0. The van der Waals surface area contributed by atoms with Gasteiger partial charge in [0, 0.05) is 35.7 Å². The van der Waals surface area contributed by atoms with Crippen LogP contribution in [0.15, 0.2) is 36.4 Å². The third kappa shape index (κ3) is 4.31. The number of carbonyl (C=O) groups excluding carboxylic acids is 1. The number of alkyl halides is 1. The predicted octanol–water partition coefficient (Wildman–Crippen LogP) is 3.07. The summed E-state index contributed by atoms with van der Waals surface area (Å²) in [6.45, 7) is 0.170. The molecule has 0 aromatic heterocycles. The van der Waals surface area contributed by atoms with Gasteiger partial charge in [0.1, 0.15) is 17.5 Å². The van der Waals surface area contributed by atoms with Gasteiger partial charge in [-0.15, -0.1) is 0 Å². The minimum Gasteiger partial charge on any atom is -0.351 e. The highest BCUT2D eigenvalue weighted by Crippen LogP contribution is 2.55. The van der Waals surface area contributed by atoms with E-state index < -0.39 is 57.0 Å². The van der Waals surface area contributed by atoms with E-state index in [1.807, 2.05) is 0 Å². The van der Waals surface area contributed by atoms with Gasteiger partial charge in [-0.25, -0.2) is 35.5 Å². The van der Waals surface area contributed by atoms with Crippen LogP contribution < -0.4 is 10.5 Å². The molecule has 2 aliphatic rings. The molecule has 0 bridgehead atoms. The van der Waals surface area contributed by atoms with Crippen molar-refractivity contribution in [3.63, 3.8) is 0 Å². The van der Waals surface area contributed by atoms with Crippen LogP contribution in [0.25, 0.3) is 11.1 Å². The molecule has 4 rings (SSSR count). The summed E-state index contributed by atoms with van der Waals surface area (Å²) < 4.78 is 80.5. The Balaban J connectivity index is 1.58. The lowest BCUT2D eigenvalue weighted by Crippen LogP contribution is -2.41. The topological polar surface area (TPSA) is 92.5 Å². The Hall–Kier alpha value is -2.66. The zero-order chi connectivity index (χ0) is 23.3. The van der Waals surface area contributed by atoms with E-state index in [4.69, 9.17) is 5.73 Å². The van der Waals surface area contributed by atoms with Crippen molar-refractivity contribution in [2.75, 3.05) is 12.6 Å². The number of sulfonamides is 1. The Bertz CT molecular complexity index is 1160. The number of hydrogen-bond donors (Lipinski definition) is 2. The molecule has 3 N–H and O–H groups in total. The number of hydrogen-bond acceptors (Lipinski definition) is 3. The van der Waals surface area contributed by atoms with Gasteiger partial charge in [-0.2, -0.15) is 0 Å². The molecule has 2 fully saturated rings. The molecule has 1 saturated carbocycles. The molecular weight excluding hydrogens is 450 g/mol. The lowest BCUT2D eigenvalue weighted by Gasteiger charge is -2.23. The van der Waals surface area contributed by atoms with Crippen LogP contribution in [-0.4, -0.2) is 44.0 Å². The molecule has 1 spiro atoms. The number of halogens is 4. The first-order chi connectivity index (χ1) is 15.0. The third-order valence-corrected chi connectivity index (χ3v) is 7.15. The molecule has 32 heavy (non-hydrogen) atoms. The van der Waals surface area contributed by atoms with E-state index in [9.17, 15) is 26.4 Å². The zero-order valence-corrected chi connectivity index (χ0v) is 17.6. The molecule has 1 saturated heterocycles. The molecule has 2 amide bonds. The van der Waals surface area contributed by atoms with Crippen LogP contribution in [0.5, 0.6) is 0 Å². The van der Waals surface area contributed by atoms with Crippen molar-refractivity contribution in [3.05, 3.63) is 59.4 Å². The van der Waals surface area contributed by atoms with E-state index in [0.29, 0.717) is 18.9 Å². The molecule has 2 aromatic carbocycles. The summed E-state index contributed by atoms with van der Waals surface area (Å²) in [5.74, 6) is -2.34. The van der Waals surface area contributed by atoms with Gasteiger partial charge in [-0.1, -0.05) is 18.2 Å². The van der Waals surface area contributed by atoms with Crippen molar-refractivity contribution in [2.24, 2.45) is 11.1 Å². The number of rotatable bonds is 6. The number of nitrogens with zero attached hydrogens (tertiary/aromatic N) is 1. The highest BCUT2D eigenvalue weighted by molar-refractivity contribution is 7.89. The number of urea groups is 1. The first-order valence-corrected chi connectivity index (χ1v) is 11.5. The van der Waals surface area contributed by atoms with Crippen LogP contribution in [0.2, 0.25) is 0 Å². The van der Waals surface area contributed by atoms with Crippen molar-refractivity contribution in [1.29, 1.82) is 0 Å². The van der Waals surface area contributed by atoms with Crippen LogP contribution in [0.1, 0.15) is 18.4 Å². The highest BCUT2D eigenvalue weighted by atomic mass is 32.2. The third-order valence-electron chi connectivity index (χ3n) is 6.21. The van der Waals surface area contributed by atoms with Crippen molar-refractivity contribution in [1.82, 2.24) is 9.62 Å². The number of benzene rings is 2. The Morgan fingerprint density at radius 2 is 1.84 bits per heavy atom. The molecule has 3 atom stereocenters. The second kappa shape index (κ2) is 8.04. The number of nitrogens with one attached hydrogen (secondary N) is 1. The Labute approximate surface area is 182 Å². The summed E-state index contributed by atoms with van der Waals surface area (Å²) in [7, 11) is -4.06. The molecule has 1 aliphatic carbocycles. The van der Waals surface area contributed by atoms with Gasteiger partial charge in [-0.3, -0.25) is 0 Å². The second-order valence-electron chi connectivity index (χ2n) is 8.43. The van der Waals surface area contributed by atoms with E-state index in [0.717, 1.165) is 12.1 Å². The fourth-order valence-corrected chi connectivity index (χ4v) is 5.47. The van der Waals surface area contributed by atoms with Gasteiger partial charge in [0.15, 0.2) is 0 Å². The first kappa shape index (κ1) is 22.5. The maximum Gasteiger partial charge on any atom is 0.315 e. The van der Waals surface area contributed by atoms with Gasteiger partial charge in [0.2, 0.25) is 16.0 Å². The highest BCUT2D eigenvalue weighted by Gasteiger charge is 2.61. The molecule has 1 aliphatic heterocycles. The SMILES string of the molecule is NC(=O)N1CC2(CC1Cc1cccc(-c3cc(F)cc(F)c3)c1F)CC2NS(=O)(=O)CF. The minimum atomic E-state index is -4.06. The van der Waals surface area contributed by atoms with Gasteiger partial charge in [0.05, 0.1) is 0 Å². The van der Waals surface area contributed by atoms with Crippen LogP contribution in [0.3, 0.4) is 0 Å². The quantitative estimate of drug-likeness (QED) is 0.635. The van der Waals surface area contributed by atoms with Gasteiger partial charge in [0.25, 0.3) is 0 Å². The minimum absolute atomic E-state index is 0.0132. The van der Waals surface area contributed by atoms with Crippen molar-refractivity contribution >= 4 is 16.1 Å². The fourth-order valence-electron chi connectivity index (χ4n) is 4.64. The first-order valence-electron chi connectivity index (χ1n) is 9.89. The second-order valence-corrected chi connectivity index (χ2v) is 10.1. The molecule has 2 aromatic rings. The van der Waals surface area contributed by atoms with Crippen molar-refractivity contribution in [2.45, 2.75) is 31.3 Å². The van der Waals surface area contributed by atoms with E-state index in [1.165, 1.54) is 17.0 Å². The summed E-state index contributed by atoms with van der Waals surface area (Å²) in [6.07, 6.45) is 0.843. The lowest BCUT2D eigenvalue weighted by molar-refractivity contribution is 0.200. The van der Waals surface area contributed by atoms with Crippen LogP contribution >= 0.6 is 0 Å². The van der Waals surface area contributed by atoms with E-state index >= 15 is 4.39 Å². The zero-order valence-electron chi connectivity index (χ0n) is 16.8. The average Bonchev–Trinajstić information content (AvgIpc) is 3.20. The molecule has 0 radical (unpaired) electrons. The standard InChI is InChI=1S/C21H21F4N3O3S/c22-11-32(30,31)27-18-9-21(18)8-16(28(10-21)20(26)29)6-12-2-1-3-17(19(12)25)13-4-14(23)7-15(24)5-13/h1-5,7,16,18,27H,6,8-11H2,(H2,26,29).